The van der Waals surface area contributed by atoms with Crippen molar-refractivity contribution in [3.8, 4) is 0 Å². The lowest BCUT2D eigenvalue weighted by Crippen LogP contribution is -2.46. The van der Waals surface area contributed by atoms with Crippen LogP contribution in [0.5, 0.6) is 0 Å². The Balaban J connectivity index is 1.64. The van der Waals surface area contributed by atoms with Crippen LogP contribution in [0.1, 0.15) is 30.3 Å². The van der Waals surface area contributed by atoms with Gasteiger partial charge in [-0.1, -0.05) is 24.3 Å². The van der Waals surface area contributed by atoms with E-state index in [1.165, 1.54) is 0 Å². The molecule has 1 aliphatic heterocycles. The lowest BCUT2D eigenvalue weighted by Gasteiger charge is -2.30. The van der Waals surface area contributed by atoms with Crippen LogP contribution in [-0.4, -0.2) is 53.8 Å². The number of rotatable bonds is 3. The summed E-state index contributed by atoms with van der Waals surface area (Å²) in [4.78, 5) is 19.6. The molecule has 126 valence electrons. The minimum atomic E-state index is -0.0263. The summed E-state index contributed by atoms with van der Waals surface area (Å²) in [5.41, 5.74) is 1.34. The Morgan fingerprint density at radius 1 is 1.29 bits per heavy atom. The second-order valence-electron chi connectivity index (χ2n) is 6.36. The van der Waals surface area contributed by atoms with Crippen LogP contribution in [0, 0.1) is 0 Å². The maximum Gasteiger partial charge on any atom is 0.272 e. The lowest BCUT2D eigenvalue weighted by molar-refractivity contribution is -0.0484. The van der Waals surface area contributed by atoms with Gasteiger partial charge in [-0.3, -0.25) is 4.79 Å². The van der Waals surface area contributed by atoms with Crippen LogP contribution in [0.25, 0.3) is 10.9 Å². The molecule has 1 amide bonds. The number of para-hydroxylation sites is 1. The van der Waals surface area contributed by atoms with E-state index in [-0.39, 0.29) is 24.2 Å². The Hall–Kier alpha value is -1.98. The molecule has 0 spiro atoms. The van der Waals surface area contributed by atoms with Gasteiger partial charge in [0.25, 0.3) is 5.91 Å². The molecule has 3 atom stereocenters. The number of benzene rings is 1. The first-order valence-electron chi connectivity index (χ1n) is 8.68. The molecule has 5 nitrogen and oxygen atoms in total. The van der Waals surface area contributed by atoms with Crippen LogP contribution >= 0.6 is 0 Å². The van der Waals surface area contributed by atoms with E-state index in [4.69, 9.17) is 9.47 Å². The Morgan fingerprint density at radius 2 is 2.17 bits per heavy atom. The molecule has 2 bridgehead atoms. The van der Waals surface area contributed by atoms with Crippen LogP contribution < -0.4 is 0 Å². The van der Waals surface area contributed by atoms with Gasteiger partial charge in [0, 0.05) is 18.5 Å². The van der Waals surface area contributed by atoms with Crippen LogP contribution in [0.15, 0.2) is 36.4 Å². The van der Waals surface area contributed by atoms with Crippen molar-refractivity contribution in [2.24, 2.45) is 0 Å². The van der Waals surface area contributed by atoms with Crippen molar-refractivity contribution in [3.63, 3.8) is 0 Å². The third-order valence-corrected chi connectivity index (χ3v) is 4.99. The smallest absolute Gasteiger partial charge is 0.272 e. The minimum Gasteiger partial charge on any atom is -0.374 e. The zero-order valence-corrected chi connectivity index (χ0v) is 13.9. The van der Waals surface area contributed by atoms with Gasteiger partial charge < -0.3 is 14.4 Å². The Labute approximate surface area is 141 Å². The van der Waals surface area contributed by atoms with Crippen LogP contribution in [0.4, 0.5) is 0 Å². The molecule has 2 fully saturated rings. The fourth-order valence-corrected chi connectivity index (χ4v) is 3.89. The molecule has 1 aromatic heterocycles. The van der Waals surface area contributed by atoms with Gasteiger partial charge in [0.1, 0.15) is 11.8 Å². The van der Waals surface area contributed by atoms with Gasteiger partial charge in [0.2, 0.25) is 0 Å². The second kappa shape index (κ2) is 6.49. The molecule has 24 heavy (non-hydrogen) atoms. The molecular formula is C19H22N2O3. The first-order valence-corrected chi connectivity index (χ1v) is 8.68. The Bertz CT molecular complexity index is 748. The molecule has 4 rings (SSSR count). The van der Waals surface area contributed by atoms with E-state index in [2.05, 4.69) is 4.98 Å². The number of carbonyl (C=O) groups is 1. The van der Waals surface area contributed by atoms with E-state index in [9.17, 15) is 4.79 Å². The number of hydrogen-bond donors (Lipinski definition) is 0. The average Bonchev–Trinajstić information content (AvgIpc) is 2.90. The number of carbonyl (C=O) groups excluding carboxylic acids is 1. The standard InChI is InChI=1S/C19H22N2O3/c1-2-23-18-16-9-10-17(18)24-12-11-21(16)19(22)15-8-7-13-5-3-4-6-14(13)20-15/h3-8,16-18H,2,9-12H2,1H3/t16-,17-,18-/m1/s1. The monoisotopic (exact) mass is 326 g/mol. The maximum atomic E-state index is 13.1. The number of hydrogen-bond acceptors (Lipinski definition) is 4. The summed E-state index contributed by atoms with van der Waals surface area (Å²) in [5, 5.41) is 1.04. The van der Waals surface area contributed by atoms with Gasteiger partial charge in [0.15, 0.2) is 0 Å². The molecule has 0 N–H and O–H groups in total. The highest BCUT2D eigenvalue weighted by atomic mass is 16.5. The minimum absolute atomic E-state index is 0.0260. The largest absolute Gasteiger partial charge is 0.374 e. The van der Waals surface area contributed by atoms with E-state index in [0.717, 1.165) is 23.7 Å². The normalized spacial score (nSPS) is 26.5. The highest BCUT2D eigenvalue weighted by Crippen LogP contribution is 2.32. The summed E-state index contributed by atoms with van der Waals surface area (Å²) >= 11 is 0. The van der Waals surface area contributed by atoms with Crippen molar-refractivity contribution in [2.75, 3.05) is 19.8 Å². The number of aromatic nitrogens is 1. The highest BCUT2D eigenvalue weighted by Gasteiger charge is 2.44. The molecular weight excluding hydrogens is 304 g/mol. The molecule has 2 aliphatic rings. The predicted octanol–water partition coefficient (Wildman–Crippen LogP) is 2.64. The van der Waals surface area contributed by atoms with Gasteiger partial charge >= 0.3 is 0 Å². The van der Waals surface area contributed by atoms with Gasteiger partial charge in [-0.05, 0) is 31.9 Å². The number of pyridine rings is 1. The first kappa shape index (κ1) is 15.5. The summed E-state index contributed by atoms with van der Waals surface area (Å²) in [6, 6.07) is 11.7. The fraction of sp³-hybridized carbons (Fsp3) is 0.474. The molecule has 1 aliphatic carbocycles. The predicted molar refractivity (Wildman–Crippen MR) is 91.0 cm³/mol. The van der Waals surface area contributed by atoms with Gasteiger partial charge in [-0.2, -0.15) is 0 Å². The van der Waals surface area contributed by atoms with E-state index < -0.39 is 0 Å². The van der Waals surface area contributed by atoms with Crippen LogP contribution in [-0.2, 0) is 9.47 Å². The zero-order valence-electron chi connectivity index (χ0n) is 13.9. The zero-order chi connectivity index (χ0) is 16.5. The first-order chi connectivity index (χ1) is 11.8. The molecule has 0 radical (unpaired) electrons. The Kier molecular flexibility index (Phi) is 4.21. The molecule has 1 saturated heterocycles. The number of amides is 1. The number of fused-ring (bicyclic) bond motifs is 3. The van der Waals surface area contributed by atoms with Crippen molar-refractivity contribution in [2.45, 2.75) is 38.0 Å². The summed E-state index contributed by atoms with van der Waals surface area (Å²) in [7, 11) is 0. The Morgan fingerprint density at radius 3 is 3.04 bits per heavy atom. The number of nitrogens with zero attached hydrogens (tertiary/aromatic N) is 2. The van der Waals surface area contributed by atoms with Crippen molar-refractivity contribution in [1.82, 2.24) is 9.88 Å². The number of ether oxygens (including phenoxy) is 2. The second-order valence-corrected chi connectivity index (χ2v) is 6.36. The van der Waals surface area contributed by atoms with Crippen LogP contribution in [0.3, 0.4) is 0 Å². The van der Waals surface area contributed by atoms with Gasteiger partial charge in [0.05, 0.1) is 24.3 Å². The van der Waals surface area contributed by atoms with E-state index in [0.29, 0.717) is 25.5 Å². The highest BCUT2D eigenvalue weighted by molar-refractivity contribution is 5.95. The molecule has 5 heteroatoms. The summed E-state index contributed by atoms with van der Waals surface area (Å²) in [6.07, 6.45) is 1.96. The van der Waals surface area contributed by atoms with Gasteiger partial charge in [-0.25, -0.2) is 4.98 Å². The molecule has 1 aromatic carbocycles. The van der Waals surface area contributed by atoms with Crippen molar-refractivity contribution in [3.05, 3.63) is 42.1 Å². The SMILES string of the molecule is CCO[C@@H]1[C@H]2CC[C@H]1OCCN2C(=O)c1ccc2ccccc2n1. The van der Waals surface area contributed by atoms with Crippen molar-refractivity contribution >= 4 is 16.8 Å². The van der Waals surface area contributed by atoms with E-state index in [1.54, 1.807) is 0 Å². The quantitative estimate of drug-likeness (QED) is 0.870. The third-order valence-electron chi connectivity index (χ3n) is 4.99. The topological polar surface area (TPSA) is 51.7 Å². The summed E-state index contributed by atoms with van der Waals surface area (Å²) in [5.74, 6) is -0.0263. The lowest BCUT2D eigenvalue weighted by atomic mass is 10.1. The van der Waals surface area contributed by atoms with Crippen LogP contribution in [0.2, 0.25) is 0 Å². The van der Waals surface area contributed by atoms with Crippen molar-refractivity contribution < 1.29 is 14.3 Å². The summed E-state index contributed by atoms with van der Waals surface area (Å²) < 4.78 is 11.8. The molecule has 2 aromatic rings. The van der Waals surface area contributed by atoms with E-state index >= 15 is 0 Å². The fourth-order valence-electron chi connectivity index (χ4n) is 3.89. The summed E-state index contributed by atoms with van der Waals surface area (Å²) in [6.45, 7) is 3.78. The van der Waals surface area contributed by atoms with Gasteiger partial charge in [-0.15, -0.1) is 0 Å². The van der Waals surface area contributed by atoms with Crippen molar-refractivity contribution in [1.29, 1.82) is 0 Å². The molecule has 0 unspecified atom stereocenters. The maximum absolute atomic E-state index is 13.1. The molecule has 1 saturated carbocycles. The average molecular weight is 326 g/mol. The third kappa shape index (κ3) is 2.68. The van der Waals surface area contributed by atoms with E-state index in [1.807, 2.05) is 48.2 Å². The molecule has 2 heterocycles.